The van der Waals surface area contributed by atoms with Crippen LogP contribution in [0.25, 0.3) is 0 Å². The molecule has 1 saturated carbocycles. The predicted molar refractivity (Wildman–Crippen MR) is 129 cm³/mol. The molecule has 11 heteroatoms. The first kappa shape index (κ1) is 25.5. The van der Waals surface area contributed by atoms with Gasteiger partial charge in [-0.05, 0) is 74.3 Å². The third kappa shape index (κ3) is 6.55. The molecular weight excluding hydrogens is 481 g/mol. The highest BCUT2D eigenvalue weighted by Crippen LogP contribution is 2.39. The van der Waals surface area contributed by atoms with Crippen molar-refractivity contribution >= 4 is 29.0 Å². The fourth-order valence-corrected chi connectivity index (χ4v) is 5.41. The van der Waals surface area contributed by atoms with E-state index in [1.165, 1.54) is 6.33 Å². The number of nitrogens with zero attached hydrogens (tertiary/aromatic N) is 2. The molecule has 5 N–H and O–H groups in total. The van der Waals surface area contributed by atoms with E-state index in [1.807, 2.05) is 18.2 Å². The zero-order chi connectivity index (χ0) is 25.1. The Bertz CT molecular complexity index is 1020. The van der Waals surface area contributed by atoms with Crippen molar-refractivity contribution in [2.75, 3.05) is 17.2 Å². The van der Waals surface area contributed by atoms with Crippen LogP contribution in [0.15, 0.2) is 36.8 Å². The monoisotopic (exact) mass is 510 g/mol. The summed E-state index contributed by atoms with van der Waals surface area (Å²) in [6, 6.07) is 7.50. The summed E-state index contributed by atoms with van der Waals surface area (Å²) in [4.78, 5) is 20.7. The number of primary amides is 1. The summed E-state index contributed by atoms with van der Waals surface area (Å²) in [5.74, 6) is -0.499. The van der Waals surface area contributed by atoms with Crippen molar-refractivity contribution in [3.8, 4) is 0 Å². The molecule has 35 heavy (non-hydrogen) atoms. The maximum atomic E-state index is 12.6. The third-order valence-electron chi connectivity index (χ3n) is 6.90. The largest absolute Gasteiger partial charge is 0.401 e. The molecule has 1 aromatic carbocycles. The SMILES string of the molecule is NC(=O)[C@@H]1CC(Cl)CC[C@@]1(Nc1ccc2c(c1)CCC(NCC(F)(F)F)CC2)Nc1ccncn1. The van der Waals surface area contributed by atoms with Crippen LogP contribution in [0.3, 0.4) is 0 Å². The zero-order valence-electron chi connectivity index (χ0n) is 19.2. The van der Waals surface area contributed by atoms with Gasteiger partial charge in [0.05, 0.1) is 12.5 Å². The number of aromatic nitrogens is 2. The smallest absolute Gasteiger partial charge is 0.369 e. The Kier molecular flexibility index (Phi) is 7.70. The highest BCUT2D eigenvalue weighted by atomic mass is 35.5. The lowest BCUT2D eigenvalue weighted by Gasteiger charge is -2.46. The number of nitrogens with two attached hydrogens (primary N) is 1. The predicted octanol–water partition coefficient (Wildman–Crippen LogP) is 3.99. The van der Waals surface area contributed by atoms with E-state index < -0.39 is 30.2 Å². The molecular formula is C24H30ClF3N6O. The Morgan fingerprint density at radius 3 is 2.60 bits per heavy atom. The highest BCUT2D eigenvalue weighted by molar-refractivity contribution is 6.20. The summed E-state index contributed by atoms with van der Waals surface area (Å²) in [6.07, 6.45) is 3.08. The van der Waals surface area contributed by atoms with E-state index in [2.05, 4.69) is 25.9 Å². The van der Waals surface area contributed by atoms with E-state index in [0.717, 1.165) is 16.8 Å². The number of fused-ring (bicyclic) bond motifs is 1. The number of hydrogen-bond donors (Lipinski definition) is 4. The summed E-state index contributed by atoms with van der Waals surface area (Å²) in [5, 5.41) is 9.39. The second-order valence-corrected chi connectivity index (χ2v) is 10.0. The minimum Gasteiger partial charge on any atom is -0.369 e. The van der Waals surface area contributed by atoms with Gasteiger partial charge in [-0.2, -0.15) is 13.2 Å². The van der Waals surface area contributed by atoms with Crippen molar-refractivity contribution in [3.05, 3.63) is 47.9 Å². The standard InChI is InChI=1S/C24H30ClF3N6O/c25-17-7-9-23(20(12-17)22(29)35,34-21-8-10-30-14-32-21)33-19-6-2-15-1-4-18(5-3-16(15)11-19)31-13-24(26,27)28/h2,6,8,10-11,14,17-18,20,31,33H,1,3-5,7,9,12-13H2,(H2,29,35)(H,30,32,34)/t17?,18?,20-,23+/m0/s1. The molecule has 1 heterocycles. The molecule has 7 nitrogen and oxygen atoms in total. The van der Waals surface area contributed by atoms with Gasteiger partial charge in [-0.3, -0.25) is 4.79 Å². The Morgan fingerprint density at radius 2 is 1.91 bits per heavy atom. The Hall–Kier alpha value is -2.59. The zero-order valence-corrected chi connectivity index (χ0v) is 20.0. The molecule has 1 fully saturated rings. The third-order valence-corrected chi connectivity index (χ3v) is 7.30. The molecule has 0 spiro atoms. The molecule has 4 rings (SSSR count). The van der Waals surface area contributed by atoms with E-state index in [1.54, 1.807) is 12.3 Å². The molecule has 0 radical (unpaired) electrons. The average molecular weight is 511 g/mol. The maximum Gasteiger partial charge on any atom is 0.401 e. The number of benzene rings is 1. The lowest BCUT2D eigenvalue weighted by atomic mass is 9.77. The van der Waals surface area contributed by atoms with Gasteiger partial charge in [-0.15, -0.1) is 11.6 Å². The molecule has 1 amide bonds. The van der Waals surface area contributed by atoms with Crippen molar-refractivity contribution in [2.45, 2.75) is 68.2 Å². The number of alkyl halides is 4. The first-order valence-electron chi connectivity index (χ1n) is 11.8. The van der Waals surface area contributed by atoms with Crippen LogP contribution in [0.5, 0.6) is 0 Å². The summed E-state index contributed by atoms with van der Waals surface area (Å²) in [5.41, 5.74) is 7.93. The summed E-state index contributed by atoms with van der Waals surface area (Å²) < 4.78 is 37.9. The van der Waals surface area contributed by atoms with Crippen LogP contribution in [0.4, 0.5) is 24.7 Å². The molecule has 2 aliphatic rings. The van der Waals surface area contributed by atoms with E-state index in [-0.39, 0.29) is 11.4 Å². The van der Waals surface area contributed by atoms with Crippen LogP contribution in [-0.4, -0.2) is 45.7 Å². The number of hydrogen-bond acceptors (Lipinski definition) is 6. The minimum atomic E-state index is -4.22. The molecule has 2 aromatic rings. The van der Waals surface area contributed by atoms with Gasteiger partial charge in [0.25, 0.3) is 0 Å². The number of amides is 1. The number of nitrogens with one attached hydrogen (secondary N) is 3. The van der Waals surface area contributed by atoms with Gasteiger partial charge in [0.15, 0.2) is 0 Å². The van der Waals surface area contributed by atoms with Crippen LogP contribution >= 0.6 is 11.6 Å². The number of carbonyl (C=O) groups is 1. The van der Waals surface area contributed by atoms with Gasteiger partial charge in [0.2, 0.25) is 5.91 Å². The molecule has 190 valence electrons. The van der Waals surface area contributed by atoms with E-state index in [9.17, 15) is 18.0 Å². The lowest BCUT2D eigenvalue weighted by Crippen LogP contribution is -2.59. The van der Waals surface area contributed by atoms with Gasteiger partial charge in [0.1, 0.15) is 17.8 Å². The lowest BCUT2D eigenvalue weighted by molar-refractivity contribution is -0.126. The summed E-state index contributed by atoms with van der Waals surface area (Å²) in [7, 11) is 0. The first-order chi connectivity index (χ1) is 16.6. The Morgan fingerprint density at radius 1 is 1.14 bits per heavy atom. The number of aryl methyl sites for hydroxylation is 2. The summed E-state index contributed by atoms with van der Waals surface area (Å²) >= 11 is 6.40. The molecule has 4 atom stereocenters. The highest BCUT2D eigenvalue weighted by Gasteiger charge is 2.47. The number of halogens is 4. The van der Waals surface area contributed by atoms with Crippen LogP contribution in [-0.2, 0) is 17.6 Å². The molecule has 0 aliphatic heterocycles. The molecule has 2 unspecified atom stereocenters. The molecule has 1 aromatic heterocycles. The first-order valence-corrected chi connectivity index (χ1v) is 12.2. The maximum absolute atomic E-state index is 12.6. The number of anilines is 2. The normalized spacial score (nSPS) is 26.9. The van der Waals surface area contributed by atoms with Crippen LogP contribution < -0.4 is 21.7 Å². The van der Waals surface area contributed by atoms with E-state index in [4.69, 9.17) is 17.3 Å². The van der Waals surface area contributed by atoms with Gasteiger partial charge in [-0.1, -0.05) is 6.07 Å². The number of carbonyl (C=O) groups excluding carboxylic acids is 1. The second-order valence-electron chi connectivity index (χ2n) is 9.40. The fraction of sp³-hybridized carbons (Fsp3) is 0.542. The van der Waals surface area contributed by atoms with Gasteiger partial charge in [0, 0.05) is 23.3 Å². The minimum absolute atomic E-state index is 0.164. The van der Waals surface area contributed by atoms with Crippen molar-refractivity contribution in [2.24, 2.45) is 11.7 Å². The quantitative estimate of drug-likeness (QED) is 0.255. The van der Waals surface area contributed by atoms with Crippen molar-refractivity contribution < 1.29 is 18.0 Å². The average Bonchev–Trinajstić information content (AvgIpc) is 3.01. The number of rotatable bonds is 7. The van der Waals surface area contributed by atoms with Crippen LogP contribution in [0.2, 0.25) is 0 Å². The molecule has 0 bridgehead atoms. The molecule has 0 saturated heterocycles. The fourth-order valence-electron chi connectivity index (χ4n) is 5.12. The molecule has 2 aliphatic carbocycles. The second kappa shape index (κ2) is 10.6. The summed E-state index contributed by atoms with van der Waals surface area (Å²) in [6.45, 7) is -0.978. The van der Waals surface area contributed by atoms with Crippen molar-refractivity contribution in [3.63, 3.8) is 0 Å². The van der Waals surface area contributed by atoms with Crippen LogP contribution in [0, 0.1) is 5.92 Å². The van der Waals surface area contributed by atoms with Gasteiger partial charge < -0.3 is 21.7 Å². The van der Waals surface area contributed by atoms with Gasteiger partial charge >= 0.3 is 6.18 Å². The topological polar surface area (TPSA) is 105 Å². The van der Waals surface area contributed by atoms with E-state index >= 15 is 0 Å². The Balaban J connectivity index is 1.56. The van der Waals surface area contributed by atoms with Crippen molar-refractivity contribution in [1.82, 2.24) is 15.3 Å². The van der Waals surface area contributed by atoms with Gasteiger partial charge in [-0.25, -0.2) is 9.97 Å². The van der Waals surface area contributed by atoms with E-state index in [0.29, 0.717) is 50.8 Å². The van der Waals surface area contributed by atoms with Crippen LogP contribution in [0.1, 0.15) is 43.2 Å². The van der Waals surface area contributed by atoms with Crippen molar-refractivity contribution in [1.29, 1.82) is 0 Å². The Labute approximate surface area is 207 Å².